The lowest BCUT2D eigenvalue weighted by Gasteiger charge is -2.38. The predicted molar refractivity (Wildman–Crippen MR) is 70.5 cm³/mol. The van der Waals surface area contributed by atoms with Crippen molar-refractivity contribution in [2.45, 2.75) is 39.0 Å². The second-order valence-corrected chi connectivity index (χ2v) is 5.39. The number of nitrogens with zero attached hydrogens (tertiary/aromatic N) is 1. The SMILES string of the molecule is Cc1ccc(N2C[C@@H](C)N[C@@H](C)C2)c(C(F)(F)F)c1. The lowest BCUT2D eigenvalue weighted by atomic mass is 10.0. The van der Waals surface area contributed by atoms with Gasteiger partial charge in [-0.2, -0.15) is 13.2 Å². The molecule has 1 aromatic rings. The number of anilines is 1. The zero-order valence-corrected chi connectivity index (χ0v) is 11.4. The highest BCUT2D eigenvalue weighted by molar-refractivity contribution is 5.57. The number of piperazine rings is 1. The van der Waals surface area contributed by atoms with Gasteiger partial charge in [0.2, 0.25) is 0 Å². The maximum atomic E-state index is 13.1. The number of benzene rings is 1. The lowest BCUT2D eigenvalue weighted by molar-refractivity contribution is -0.137. The summed E-state index contributed by atoms with van der Waals surface area (Å²) in [6.07, 6.45) is -4.31. The zero-order chi connectivity index (χ0) is 14.2. The van der Waals surface area contributed by atoms with E-state index in [4.69, 9.17) is 0 Å². The highest BCUT2D eigenvalue weighted by Gasteiger charge is 2.36. The Morgan fingerprint density at radius 1 is 1.16 bits per heavy atom. The molecule has 1 heterocycles. The molecule has 1 fully saturated rings. The van der Waals surface area contributed by atoms with Crippen LogP contribution in [-0.4, -0.2) is 25.2 Å². The Balaban J connectivity index is 2.39. The van der Waals surface area contributed by atoms with Crippen LogP contribution in [0.25, 0.3) is 0 Å². The van der Waals surface area contributed by atoms with Crippen LogP contribution in [0.3, 0.4) is 0 Å². The van der Waals surface area contributed by atoms with Crippen molar-refractivity contribution in [3.63, 3.8) is 0 Å². The van der Waals surface area contributed by atoms with Gasteiger partial charge in [0.25, 0.3) is 0 Å². The monoisotopic (exact) mass is 272 g/mol. The fraction of sp³-hybridized carbons (Fsp3) is 0.571. The molecule has 106 valence electrons. The molecular formula is C14H19F3N2. The van der Waals surface area contributed by atoms with Crippen molar-refractivity contribution >= 4 is 5.69 Å². The molecule has 2 rings (SSSR count). The minimum atomic E-state index is -4.31. The first-order valence-electron chi connectivity index (χ1n) is 6.46. The summed E-state index contributed by atoms with van der Waals surface area (Å²) in [5.74, 6) is 0. The zero-order valence-electron chi connectivity index (χ0n) is 11.4. The van der Waals surface area contributed by atoms with E-state index in [1.165, 1.54) is 6.07 Å². The van der Waals surface area contributed by atoms with Gasteiger partial charge >= 0.3 is 6.18 Å². The normalized spacial score (nSPS) is 24.6. The van der Waals surface area contributed by atoms with E-state index >= 15 is 0 Å². The van der Waals surface area contributed by atoms with Gasteiger partial charge < -0.3 is 10.2 Å². The summed E-state index contributed by atoms with van der Waals surface area (Å²) in [4.78, 5) is 1.83. The molecule has 0 unspecified atom stereocenters. The molecule has 0 saturated carbocycles. The third kappa shape index (κ3) is 3.21. The van der Waals surface area contributed by atoms with E-state index in [9.17, 15) is 13.2 Å². The van der Waals surface area contributed by atoms with Gasteiger partial charge in [0.1, 0.15) is 0 Å². The van der Waals surface area contributed by atoms with Gasteiger partial charge in [-0.25, -0.2) is 0 Å². The van der Waals surface area contributed by atoms with E-state index in [1.807, 2.05) is 18.7 Å². The Labute approximate surface area is 111 Å². The molecular weight excluding hydrogens is 253 g/mol. The summed E-state index contributed by atoms with van der Waals surface area (Å²) in [5, 5.41) is 3.33. The first-order chi connectivity index (χ1) is 8.77. The standard InChI is InChI=1S/C14H19F3N2/c1-9-4-5-13(12(6-9)14(15,16)17)19-7-10(2)18-11(3)8-19/h4-6,10-11,18H,7-8H2,1-3H3/t10-,11+. The van der Waals surface area contributed by atoms with Crippen LogP contribution in [0.5, 0.6) is 0 Å². The van der Waals surface area contributed by atoms with E-state index in [2.05, 4.69) is 5.32 Å². The van der Waals surface area contributed by atoms with Crippen molar-refractivity contribution < 1.29 is 13.2 Å². The summed E-state index contributed by atoms with van der Waals surface area (Å²) >= 11 is 0. The van der Waals surface area contributed by atoms with Crippen LogP contribution in [0.1, 0.15) is 25.0 Å². The molecule has 5 heteroatoms. The van der Waals surface area contributed by atoms with Crippen LogP contribution in [0, 0.1) is 6.92 Å². The molecule has 1 aliphatic heterocycles. The van der Waals surface area contributed by atoms with Gasteiger partial charge in [0.15, 0.2) is 0 Å². The van der Waals surface area contributed by atoms with Gasteiger partial charge in [0.05, 0.1) is 5.56 Å². The predicted octanol–water partition coefficient (Wildman–Crippen LogP) is 3.20. The Hall–Kier alpha value is -1.23. The minimum absolute atomic E-state index is 0.186. The molecule has 0 spiro atoms. The van der Waals surface area contributed by atoms with E-state index in [0.29, 0.717) is 24.3 Å². The number of halogens is 3. The smallest absolute Gasteiger partial charge is 0.368 e. The van der Waals surface area contributed by atoms with Crippen LogP contribution in [0.15, 0.2) is 18.2 Å². The topological polar surface area (TPSA) is 15.3 Å². The Morgan fingerprint density at radius 3 is 2.26 bits per heavy atom. The fourth-order valence-electron chi connectivity index (χ4n) is 2.68. The van der Waals surface area contributed by atoms with Gasteiger partial charge in [0, 0.05) is 30.9 Å². The Kier molecular flexibility index (Phi) is 3.76. The number of hydrogen-bond donors (Lipinski definition) is 1. The van der Waals surface area contributed by atoms with Crippen LogP contribution >= 0.6 is 0 Å². The number of alkyl halides is 3. The van der Waals surface area contributed by atoms with Crippen molar-refractivity contribution in [2.24, 2.45) is 0 Å². The Bertz CT molecular complexity index is 446. The van der Waals surface area contributed by atoms with Crippen LogP contribution < -0.4 is 10.2 Å². The van der Waals surface area contributed by atoms with Gasteiger partial charge in [-0.15, -0.1) is 0 Å². The molecule has 0 aromatic heterocycles. The molecule has 0 radical (unpaired) electrons. The highest BCUT2D eigenvalue weighted by Crippen LogP contribution is 2.37. The van der Waals surface area contributed by atoms with Crippen molar-refractivity contribution in [2.75, 3.05) is 18.0 Å². The number of nitrogens with one attached hydrogen (secondary N) is 1. The number of hydrogen-bond acceptors (Lipinski definition) is 2. The minimum Gasteiger partial charge on any atom is -0.368 e. The summed E-state index contributed by atoms with van der Waals surface area (Å²) in [5.41, 5.74) is 0.388. The quantitative estimate of drug-likeness (QED) is 0.844. The maximum Gasteiger partial charge on any atom is 0.418 e. The summed E-state index contributed by atoms with van der Waals surface area (Å²) < 4.78 is 39.4. The van der Waals surface area contributed by atoms with Crippen LogP contribution in [0.2, 0.25) is 0 Å². The van der Waals surface area contributed by atoms with Crippen molar-refractivity contribution in [1.29, 1.82) is 0 Å². The first kappa shape index (κ1) is 14.2. The lowest BCUT2D eigenvalue weighted by Crippen LogP contribution is -2.54. The third-order valence-electron chi connectivity index (χ3n) is 3.36. The van der Waals surface area contributed by atoms with Crippen molar-refractivity contribution in [3.05, 3.63) is 29.3 Å². The Morgan fingerprint density at radius 2 is 1.74 bits per heavy atom. The summed E-state index contributed by atoms with van der Waals surface area (Å²) in [6, 6.07) is 4.93. The van der Waals surface area contributed by atoms with Gasteiger partial charge in [-0.1, -0.05) is 11.6 Å². The highest BCUT2D eigenvalue weighted by atomic mass is 19.4. The molecule has 19 heavy (non-hydrogen) atoms. The molecule has 2 atom stereocenters. The van der Waals surface area contributed by atoms with Crippen molar-refractivity contribution in [3.8, 4) is 0 Å². The van der Waals surface area contributed by atoms with Gasteiger partial charge in [-0.3, -0.25) is 0 Å². The number of rotatable bonds is 1. The van der Waals surface area contributed by atoms with Crippen LogP contribution in [0.4, 0.5) is 18.9 Å². The fourth-order valence-corrected chi connectivity index (χ4v) is 2.68. The molecule has 1 N–H and O–H groups in total. The molecule has 0 bridgehead atoms. The second-order valence-electron chi connectivity index (χ2n) is 5.39. The van der Waals surface area contributed by atoms with E-state index in [-0.39, 0.29) is 12.1 Å². The van der Waals surface area contributed by atoms with Crippen LogP contribution in [-0.2, 0) is 6.18 Å². The molecule has 1 saturated heterocycles. The van der Waals surface area contributed by atoms with E-state index in [1.54, 1.807) is 19.1 Å². The molecule has 1 aliphatic rings. The maximum absolute atomic E-state index is 13.1. The summed E-state index contributed by atoms with van der Waals surface area (Å²) in [7, 11) is 0. The average molecular weight is 272 g/mol. The third-order valence-corrected chi connectivity index (χ3v) is 3.36. The van der Waals surface area contributed by atoms with E-state index in [0.717, 1.165) is 0 Å². The molecule has 0 aliphatic carbocycles. The molecule has 0 amide bonds. The largest absolute Gasteiger partial charge is 0.418 e. The molecule has 1 aromatic carbocycles. The number of aryl methyl sites for hydroxylation is 1. The first-order valence-corrected chi connectivity index (χ1v) is 6.46. The second kappa shape index (κ2) is 5.04. The van der Waals surface area contributed by atoms with Gasteiger partial charge in [-0.05, 0) is 32.9 Å². The summed E-state index contributed by atoms with van der Waals surface area (Å²) in [6.45, 7) is 6.85. The van der Waals surface area contributed by atoms with Crippen molar-refractivity contribution in [1.82, 2.24) is 5.32 Å². The average Bonchev–Trinajstić information content (AvgIpc) is 2.26. The van der Waals surface area contributed by atoms with E-state index < -0.39 is 11.7 Å². The molecule has 2 nitrogen and oxygen atoms in total.